The van der Waals surface area contributed by atoms with E-state index in [1.165, 1.54) is 12.1 Å². The van der Waals surface area contributed by atoms with E-state index < -0.39 is 17.2 Å². The van der Waals surface area contributed by atoms with Crippen LogP contribution in [0, 0.1) is 18.6 Å². The Balaban J connectivity index is 2.03. The molecule has 1 aliphatic rings. The summed E-state index contributed by atoms with van der Waals surface area (Å²) in [6.45, 7) is 7.91. The quantitative estimate of drug-likeness (QED) is 0.910. The molecule has 1 aliphatic heterocycles. The van der Waals surface area contributed by atoms with E-state index in [1.54, 1.807) is 11.8 Å². The summed E-state index contributed by atoms with van der Waals surface area (Å²) < 4.78 is 33.2. The van der Waals surface area contributed by atoms with Gasteiger partial charge >= 0.3 is 6.09 Å². The summed E-state index contributed by atoms with van der Waals surface area (Å²) in [4.78, 5) is 13.8. The van der Waals surface area contributed by atoms with E-state index in [9.17, 15) is 13.6 Å². The van der Waals surface area contributed by atoms with Crippen LogP contribution in [0.5, 0.6) is 0 Å². The van der Waals surface area contributed by atoms with Gasteiger partial charge in [-0.25, -0.2) is 13.6 Å². The Kier molecular flexibility index (Phi) is 5.12. The van der Waals surface area contributed by atoms with Gasteiger partial charge in [0.05, 0.1) is 6.04 Å². The predicted octanol–water partition coefficient (Wildman–Crippen LogP) is 4.08. The van der Waals surface area contributed by atoms with Gasteiger partial charge in [0, 0.05) is 13.1 Å². The Morgan fingerprint density at radius 3 is 2.74 bits per heavy atom. The molecule has 23 heavy (non-hydrogen) atoms. The van der Waals surface area contributed by atoms with E-state index in [0.717, 1.165) is 12.8 Å². The van der Waals surface area contributed by atoms with Crippen molar-refractivity contribution in [1.29, 1.82) is 0 Å². The summed E-state index contributed by atoms with van der Waals surface area (Å²) in [5.41, 5.74) is -0.322. The molecule has 0 saturated carbocycles. The number of anilines is 1. The van der Waals surface area contributed by atoms with Gasteiger partial charge in [0.25, 0.3) is 0 Å². The lowest BCUT2D eigenvalue weighted by Gasteiger charge is -2.29. The van der Waals surface area contributed by atoms with Gasteiger partial charge < -0.3 is 15.0 Å². The molecule has 1 atom stereocenters. The van der Waals surface area contributed by atoms with Gasteiger partial charge in [-0.15, -0.1) is 0 Å². The summed E-state index contributed by atoms with van der Waals surface area (Å²) >= 11 is 0. The highest BCUT2D eigenvalue weighted by Gasteiger charge is 2.32. The van der Waals surface area contributed by atoms with Gasteiger partial charge in [0.1, 0.15) is 17.1 Å². The van der Waals surface area contributed by atoms with Crippen LogP contribution in [0.1, 0.15) is 39.2 Å². The molecule has 1 saturated heterocycles. The van der Waals surface area contributed by atoms with Crippen LogP contribution in [0.4, 0.5) is 19.3 Å². The molecule has 1 unspecified atom stereocenters. The van der Waals surface area contributed by atoms with Crippen LogP contribution in [-0.4, -0.2) is 35.7 Å². The number of halogens is 2. The maximum absolute atomic E-state index is 14.0. The molecule has 1 aromatic rings. The van der Waals surface area contributed by atoms with E-state index in [0.29, 0.717) is 12.1 Å². The van der Waals surface area contributed by atoms with Crippen LogP contribution in [-0.2, 0) is 4.74 Å². The molecule has 0 radical (unpaired) electrons. The molecule has 1 aromatic carbocycles. The number of hydrogen-bond donors (Lipinski definition) is 1. The highest BCUT2D eigenvalue weighted by molar-refractivity contribution is 5.69. The van der Waals surface area contributed by atoms with Crippen molar-refractivity contribution in [3.63, 3.8) is 0 Å². The van der Waals surface area contributed by atoms with Crippen molar-refractivity contribution in [3.8, 4) is 0 Å². The summed E-state index contributed by atoms with van der Waals surface area (Å²) in [7, 11) is 0. The molecule has 1 amide bonds. The van der Waals surface area contributed by atoms with Gasteiger partial charge in [-0.05, 0) is 52.2 Å². The second-order valence-corrected chi connectivity index (χ2v) is 6.90. The Bertz CT molecular complexity index is 585. The predicted molar refractivity (Wildman–Crippen MR) is 85.5 cm³/mol. The Labute approximate surface area is 135 Å². The number of nitrogens with one attached hydrogen (secondary N) is 1. The Morgan fingerprint density at radius 2 is 2.09 bits per heavy atom. The zero-order chi connectivity index (χ0) is 17.2. The van der Waals surface area contributed by atoms with Crippen LogP contribution < -0.4 is 5.32 Å². The normalized spacial score (nSPS) is 18.2. The standard InChI is InChI=1S/C17H24F2N2O2/c1-11-7-8-13(18)15(14(11)19)20-10-12-6-5-9-21(12)16(22)23-17(2,3)4/h7-8,12,20H,5-6,9-10H2,1-4H3. The molecule has 2 rings (SSSR count). The molecule has 0 aromatic heterocycles. The average Bonchev–Trinajstić information content (AvgIpc) is 2.90. The molecule has 0 aliphatic carbocycles. The minimum atomic E-state index is -0.630. The molecule has 0 bridgehead atoms. The van der Waals surface area contributed by atoms with Crippen molar-refractivity contribution in [2.75, 3.05) is 18.4 Å². The molecule has 1 N–H and O–H groups in total. The zero-order valence-electron chi connectivity index (χ0n) is 14.1. The van der Waals surface area contributed by atoms with E-state index in [1.807, 2.05) is 20.8 Å². The fourth-order valence-electron chi connectivity index (χ4n) is 2.65. The van der Waals surface area contributed by atoms with Gasteiger partial charge in [-0.1, -0.05) is 6.07 Å². The SMILES string of the molecule is Cc1ccc(F)c(NCC2CCCN2C(=O)OC(C)(C)C)c1F. The van der Waals surface area contributed by atoms with Crippen LogP contribution in [0.25, 0.3) is 0 Å². The highest BCUT2D eigenvalue weighted by Crippen LogP contribution is 2.24. The Hall–Kier alpha value is -1.85. The van der Waals surface area contributed by atoms with Crippen LogP contribution in [0.2, 0.25) is 0 Å². The zero-order valence-corrected chi connectivity index (χ0v) is 14.1. The first-order valence-electron chi connectivity index (χ1n) is 7.87. The molecule has 1 fully saturated rings. The topological polar surface area (TPSA) is 41.6 Å². The third-order valence-corrected chi connectivity index (χ3v) is 3.80. The van der Waals surface area contributed by atoms with Crippen molar-refractivity contribution in [2.24, 2.45) is 0 Å². The van der Waals surface area contributed by atoms with E-state index in [-0.39, 0.29) is 24.4 Å². The number of aryl methyl sites for hydroxylation is 1. The lowest BCUT2D eigenvalue weighted by atomic mass is 10.1. The smallest absolute Gasteiger partial charge is 0.410 e. The molecular weight excluding hydrogens is 302 g/mol. The minimum absolute atomic E-state index is 0.135. The van der Waals surface area contributed by atoms with Crippen LogP contribution in [0.3, 0.4) is 0 Å². The first-order valence-corrected chi connectivity index (χ1v) is 7.87. The van der Waals surface area contributed by atoms with Crippen molar-refractivity contribution in [2.45, 2.75) is 52.2 Å². The largest absolute Gasteiger partial charge is 0.444 e. The van der Waals surface area contributed by atoms with E-state index in [2.05, 4.69) is 5.32 Å². The fourth-order valence-corrected chi connectivity index (χ4v) is 2.65. The lowest BCUT2D eigenvalue weighted by molar-refractivity contribution is 0.0235. The number of benzene rings is 1. The number of amides is 1. The fraction of sp³-hybridized carbons (Fsp3) is 0.588. The third-order valence-electron chi connectivity index (χ3n) is 3.80. The summed E-state index contributed by atoms with van der Waals surface area (Å²) in [5.74, 6) is -1.22. The number of rotatable bonds is 3. The van der Waals surface area contributed by atoms with Gasteiger partial charge in [-0.2, -0.15) is 0 Å². The summed E-state index contributed by atoms with van der Waals surface area (Å²) in [6, 6.07) is 2.50. The van der Waals surface area contributed by atoms with Crippen molar-refractivity contribution in [1.82, 2.24) is 4.90 Å². The Morgan fingerprint density at radius 1 is 1.39 bits per heavy atom. The van der Waals surface area contributed by atoms with Gasteiger partial charge in [0.15, 0.2) is 5.82 Å². The summed E-state index contributed by atoms with van der Waals surface area (Å²) in [5, 5.41) is 2.81. The highest BCUT2D eigenvalue weighted by atomic mass is 19.1. The average molecular weight is 326 g/mol. The molecule has 1 heterocycles. The van der Waals surface area contributed by atoms with E-state index in [4.69, 9.17) is 4.74 Å². The number of ether oxygens (including phenoxy) is 1. The van der Waals surface area contributed by atoms with Gasteiger partial charge in [-0.3, -0.25) is 0 Å². The van der Waals surface area contributed by atoms with Crippen LogP contribution >= 0.6 is 0 Å². The van der Waals surface area contributed by atoms with Crippen LogP contribution in [0.15, 0.2) is 12.1 Å². The monoisotopic (exact) mass is 326 g/mol. The second kappa shape index (κ2) is 6.72. The molecule has 6 heteroatoms. The maximum atomic E-state index is 14.0. The summed E-state index contributed by atoms with van der Waals surface area (Å²) in [6.07, 6.45) is 1.25. The first kappa shape index (κ1) is 17.5. The first-order chi connectivity index (χ1) is 10.7. The van der Waals surface area contributed by atoms with E-state index >= 15 is 0 Å². The molecule has 0 spiro atoms. The van der Waals surface area contributed by atoms with Crippen molar-refractivity contribution < 1.29 is 18.3 Å². The number of carbonyl (C=O) groups is 1. The third kappa shape index (κ3) is 4.33. The number of nitrogens with zero attached hydrogens (tertiary/aromatic N) is 1. The molecule has 128 valence electrons. The second-order valence-electron chi connectivity index (χ2n) is 6.90. The molecule has 4 nitrogen and oxygen atoms in total. The minimum Gasteiger partial charge on any atom is -0.444 e. The number of hydrogen-bond acceptors (Lipinski definition) is 3. The van der Waals surface area contributed by atoms with Gasteiger partial charge in [0.2, 0.25) is 0 Å². The number of carbonyl (C=O) groups excluding carboxylic acids is 1. The molecular formula is C17H24F2N2O2. The lowest BCUT2D eigenvalue weighted by Crippen LogP contribution is -2.42. The van der Waals surface area contributed by atoms with Crippen molar-refractivity contribution in [3.05, 3.63) is 29.3 Å². The maximum Gasteiger partial charge on any atom is 0.410 e. The number of likely N-dealkylation sites (tertiary alicyclic amines) is 1. The van der Waals surface area contributed by atoms with Crippen molar-refractivity contribution >= 4 is 11.8 Å².